The van der Waals surface area contributed by atoms with E-state index in [2.05, 4.69) is 19.9 Å². The number of carbonyl (C=O) groups is 1. The first-order valence-electron chi connectivity index (χ1n) is 11.5. The van der Waals surface area contributed by atoms with Gasteiger partial charge in [0.25, 0.3) is 0 Å². The summed E-state index contributed by atoms with van der Waals surface area (Å²) in [5, 5.41) is 18.6. The minimum Gasteiger partial charge on any atom is -0.465 e. The van der Waals surface area contributed by atoms with Crippen molar-refractivity contribution in [2.45, 2.75) is 43.4 Å². The molecule has 10 nitrogen and oxygen atoms in total. The third-order valence-electron chi connectivity index (χ3n) is 7.19. The number of hydrogen-bond donors (Lipinski definition) is 1. The summed E-state index contributed by atoms with van der Waals surface area (Å²) in [5.41, 5.74) is -0.504. The summed E-state index contributed by atoms with van der Waals surface area (Å²) in [5.74, 6) is -0.502. The standard InChI is InChI=1S/C22H24ClF2N7O3/c23-18-16(25)17-15(9-27-18)19(30-6-7-32(21(33)34)14(11-30)2-4-26)29-20(28-17)35-12-22-3-1-5-31(22)10-13(24)8-22/h9,13-14H,1-3,5-8,10-12H2,(H,33,34)/t13-,14+,22+/m1/s1. The molecule has 3 aliphatic heterocycles. The second kappa shape index (κ2) is 9.20. The van der Waals surface area contributed by atoms with Gasteiger partial charge in [-0.25, -0.2) is 18.6 Å². The van der Waals surface area contributed by atoms with Gasteiger partial charge < -0.3 is 19.6 Å². The third-order valence-corrected chi connectivity index (χ3v) is 7.45. The normalized spacial score (nSPS) is 26.7. The van der Waals surface area contributed by atoms with Crippen LogP contribution >= 0.6 is 11.6 Å². The first-order chi connectivity index (χ1) is 16.8. The Bertz CT molecular complexity index is 1200. The van der Waals surface area contributed by atoms with E-state index in [1.807, 2.05) is 6.07 Å². The van der Waals surface area contributed by atoms with Crippen LogP contribution in [0.15, 0.2) is 6.20 Å². The van der Waals surface area contributed by atoms with Crippen LogP contribution in [-0.2, 0) is 0 Å². The van der Waals surface area contributed by atoms with Crippen LogP contribution in [-0.4, -0.2) is 93.0 Å². The summed E-state index contributed by atoms with van der Waals surface area (Å²) >= 11 is 5.91. The smallest absolute Gasteiger partial charge is 0.407 e. The van der Waals surface area contributed by atoms with E-state index in [4.69, 9.17) is 16.3 Å². The molecule has 35 heavy (non-hydrogen) atoms. The van der Waals surface area contributed by atoms with Crippen molar-refractivity contribution in [1.82, 2.24) is 24.8 Å². The van der Waals surface area contributed by atoms with Gasteiger partial charge in [0.15, 0.2) is 11.0 Å². The zero-order chi connectivity index (χ0) is 24.7. The van der Waals surface area contributed by atoms with Crippen LogP contribution in [0, 0.1) is 17.1 Å². The van der Waals surface area contributed by atoms with Crippen LogP contribution in [0.5, 0.6) is 6.01 Å². The summed E-state index contributed by atoms with van der Waals surface area (Å²) in [6.07, 6.45) is 1.45. The van der Waals surface area contributed by atoms with Crippen LogP contribution < -0.4 is 9.64 Å². The maximum atomic E-state index is 15.0. The first kappa shape index (κ1) is 23.7. The number of aromatic nitrogens is 3. The predicted molar refractivity (Wildman–Crippen MR) is 122 cm³/mol. The Balaban J connectivity index is 1.48. The van der Waals surface area contributed by atoms with Crippen molar-refractivity contribution in [3.8, 4) is 12.1 Å². The van der Waals surface area contributed by atoms with Gasteiger partial charge in [-0.05, 0) is 19.4 Å². The van der Waals surface area contributed by atoms with E-state index < -0.39 is 29.7 Å². The molecule has 0 aromatic carbocycles. The zero-order valence-corrected chi connectivity index (χ0v) is 19.6. The number of hydrogen-bond acceptors (Lipinski definition) is 8. The SMILES string of the molecule is N#CC[C@H]1CN(c2nc(OC[C@@]34CCCN3C[C@H](F)C4)nc3c(F)c(Cl)ncc23)CCN1C(=O)O. The highest BCUT2D eigenvalue weighted by Gasteiger charge is 2.49. The van der Waals surface area contributed by atoms with Crippen LogP contribution in [0.3, 0.4) is 0 Å². The van der Waals surface area contributed by atoms with Gasteiger partial charge in [0, 0.05) is 38.8 Å². The summed E-state index contributed by atoms with van der Waals surface area (Å²) in [7, 11) is 0. The highest BCUT2D eigenvalue weighted by molar-refractivity contribution is 6.30. The summed E-state index contributed by atoms with van der Waals surface area (Å²) < 4.78 is 35.1. The van der Waals surface area contributed by atoms with Gasteiger partial charge in [-0.3, -0.25) is 4.90 Å². The fourth-order valence-electron chi connectivity index (χ4n) is 5.53. The van der Waals surface area contributed by atoms with E-state index in [0.717, 1.165) is 19.4 Å². The number of alkyl halides is 1. The van der Waals surface area contributed by atoms with Gasteiger partial charge in [0.2, 0.25) is 0 Å². The molecule has 5 rings (SSSR count). The number of anilines is 1. The lowest BCUT2D eigenvalue weighted by molar-refractivity contribution is 0.107. The Morgan fingerprint density at radius 1 is 1.34 bits per heavy atom. The van der Waals surface area contributed by atoms with Gasteiger partial charge in [0.1, 0.15) is 24.1 Å². The van der Waals surface area contributed by atoms with E-state index in [0.29, 0.717) is 24.2 Å². The monoisotopic (exact) mass is 507 g/mol. The van der Waals surface area contributed by atoms with E-state index in [1.54, 1.807) is 4.90 Å². The largest absolute Gasteiger partial charge is 0.465 e. The quantitative estimate of drug-likeness (QED) is 0.609. The topological polar surface area (TPSA) is 119 Å². The molecule has 13 heteroatoms. The lowest BCUT2D eigenvalue weighted by Crippen LogP contribution is -2.55. The predicted octanol–water partition coefficient (Wildman–Crippen LogP) is 2.85. The molecule has 1 amide bonds. The highest BCUT2D eigenvalue weighted by Crippen LogP contribution is 2.40. The number of ether oxygens (including phenoxy) is 1. The number of halogens is 3. The van der Waals surface area contributed by atoms with Gasteiger partial charge in [-0.15, -0.1) is 0 Å². The van der Waals surface area contributed by atoms with Gasteiger partial charge in [-0.1, -0.05) is 11.6 Å². The Morgan fingerprint density at radius 2 is 2.17 bits per heavy atom. The lowest BCUT2D eigenvalue weighted by Gasteiger charge is -2.39. The molecule has 3 fully saturated rings. The molecule has 0 spiro atoms. The van der Waals surface area contributed by atoms with Crippen molar-refractivity contribution in [3.05, 3.63) is 17.2 Å². The van der Waals surface area contributed by atoms with Crippen LogP contribution in [0.2, 0.25) is 5.15 Å². The maximum absolute atomic E-state index is 15.0. The number of pyridine rings is 1. The van der Waals surface area contributed by atoms with Crippen LogP contribution in [0.4, 0.5) is 19.4 Å². The number of rotatable bonds is 5. The summed E-state index contributed by atoms with van der Waals surface area (Å²) in [4.78, 5) is 29.4. The van der Waals surface area contributed by atoms with Crippen molar-refractivity contribution in [1.29, 1.82) is 5.26 Å². The third kappa shape index (κ3) is 4.27. The molecule has 2 aromatic heterocycles. The first-order valence-corrected chi connectivity index (χ1v) is 11.8. The minimum atomic E-state index is -1.11. The Hall–Kier alpha value is -3.04. The molecular weight excluding hydrogens is 484 g/mol. The molecule has 0 radical (unpaired) electrons. The van der Waals surface area contributed by atoms with Crippen LogP contribution in [0.25, 0.3) is 10.9 Å². The van der Waals surface area contributed by atoms with Crippen molar-refractivity contribution in [2.24, 2.45) is 0 Å². The van der Waals surface area contributed by atoms with Crippen molar-refractivity contribution >= 4 is 34.4 Å². The molecule has 5 heterocycles. The molecule has 1 N–H and O–H groups in total. The number of nitriles is 1. The highest BCUT2D eigenvalue weighted by atomic mass is 35.5. The molecule has 0 bridgehead atoms. The lowest BCUT2D eigenvalue weighted by atomic mass is 9.95. The average molecular weight is 508 g/mol. The average Bonchev–Trinajstić information content (AvgIpc) is 3.35. The maximum Gasteiger partial charge on any atom is 0.407 e. The Morgan fingerprint density at radius 3 is 2.94 bits per heavy atom. The van der Waals surface area contributed by atoms with E-state index >= 15 is 0 Å². The van der Waals surface area contributed by atoms with Crippen LogP contribution in [0.1, 0.15) is 25.7 Å². The fourth-order valence-corrected chi connectivity index (χ4v) is 5.67. The molecule has 3 saturated heterocycles. The number of nitrogens with zero attached hydrogens (tertiary/aromatic N) is 7. The Labute approximate surface area is 205 Å². The summed E-state index contributed by atoms with van der Waals surface area (Å²) in [6.45, 7) is 1.93. The Kier molecular flexibility index (Phi) is 6.23. The van der Waals surface area contributed by atoms with E-state index in [1.165, 1.54) is 11.1 Å². The fraction of sp³-hybridized carbons (Fsp3) is 0.591. The molecular formula is C22H24ClF2N7O3. The number of amides is 1. The number of carboxylic acid groups (broad SMARTS) is 1. The number of piperazine rings is 1. The number of fused-ring (bicyclic) bond motifs is 2. The van der Waals surface area contributed by atoms with Crippen molar-refractivity contribution < 1.29 is 23.4 Å². The second-order valence-corrected chi connectivity index (χ2v) is 9.62. The molecule has 0 saturated carbocycles. The molecule has 3 atom stereocenters. The minimum absolute atomic E-state index is 0.00361. The van der Waals surface area contributed by atoms with Crippen molar-refractivity contribution in [2.75, 3.05) is 44.2 Å². The van der Waals surface area contributed by atoms with Gasteiger partial charge in [0.05, 0.1) is 29.5 Å². The van der Waals surface area contributed by atoms with E-state index in [9.17, 15) is 23.9 Å². The molecule has 0 aliphatic carbocycles. The second-order valence-electron chi connectivity index (χ2n) is 9.26. The van der Waals surface area contributed by atoms with Gasteiger partial charge in [-0.2, -0.15) is 15.2 Å². The van der Waals surface area contributed by atoms with Crippen molar-refractivity contribution in [3.63, 3.8) is 0 Å². The molecule has 3 aliphatic rings. The molecule has 0 unspecified atom stereocenters. The molecule has 2 aromatic rings. The summed E-state index contributed by atoms with van der Waals surface area (Å²) in [6, 6.07) is 1.36. The van der Waals surface area contributed by atoms with Gasteiger partial charge >= 0.3 is 12.1 Å². The molecule has 186 valence electrons. The zero-order valence-electron chi connectivity index (χ0n) is 18.8. The van der Waals surface area contributed by atoms with E-state index in [-0.39, 0.29) is 49.3 Å².